The maximum Gasteiger partial charge on any atom is 0.236 e. The second-order valence-corrected chi connectivity index (χ2v) is 5.59. The minimum Gasteiger partial charge on any atom is -0.274 e. The molecule has 0 aliphatic heterocycles. The van der Waals surface area contributed by atoms with Crippen molar-refractivity contribution in [2.75, 3.05) is 0 Å². The molecule has 24 heavy (non-hydrogen) atoms. The Labute approximate surface area is 144 Å². The van der Waals surface area contributed by atoms with Crippen LogP contribution < -0.4 is 5.43 Å². The molecule has 0 fully saturated rings. The van der Waals surface area contributed by atoms with Crippen molar-refractivity contribution < 1.29 is 4.79 Å². The van der Waals surface area contributed by atoms with E-state index in [4.69, 9.17) is 11.6 Å². The number of hydrazone groups is 1. The van der Waals surface area contributed by atoms with E-state index in [0.29, 0.717) is 5.02 Å². The van der Waals surface area contributed by atoms with Crippen molar-refractivity contribution >= 4 is 23.7 Å². The van der Waals surface area contributed by atoms with Gasteiger partial charge in [-0.1, -0.05) is 41.9 Å². The van der Waals surface area contributed by atoms with Crippen molar-refractivity contribution in [2.45, 2.75) is 6.92 Å². The number of aromatic nitrogens is 2. The normalized spacial score (nSPS) is 10.9. The smallest absolute Gasteiger partial charge is 0.236 e. The van der Waals surface area contributed by atoms with Crippen LogP contribution in [0.15, 0.2) is 65.9 Å². The fourth-order valence-corrected chi connectivity index (χ4v) is 2.44. The SMILES string of the molecule is CC(=O)N/N=C\c1cn(-c2ccccc2)nc1-c1cccc(Cl)c1. The highest BCUT2D eigenvalue weighted by Gasteiger charge is 2.11. The van der Waals surface area contributed by atoms with Crippen LogP contribution in [0.2, 0.25) is 5.02 Å². The molecule has 0 aliphatic rings. The first kappa shape index (κ1) is 16.0. The van der Waals surface area contributed by atoms with Crippen LogP contribution in [0.5, 0.6) is 0 Å². The van der Waals surface area contributed by atoms with Crippen molar-refractivity contribution in [1.29, 1.82) is 0 Å². The standard InChI is InChI=1S/C18H15ClN4O/c1-13(24)21-20-11-15-12-23(17-8-3-2-4-9-17)22-18(15)14-6-5-7-16(19)10-14/h2-12H,1H3,(H,21,24)/b20-11-. The number of hydrogen-bond donors (Lipinski definition) is 1. The predicted octanol–water partition coefficient (Wildman–Crippen LogP) is 3.66. The number of para-hydroxylation sites is 1. The third kappa shape index (κ3) is 3.70. The molecule has 1 N–H and O–H groups in total. The maximum atomic E-state index is 11.0. The molecule has 1 amide bonds. The summed E-state index contributed by atoms with van der Waals surface area (Å²) in [6.45, 7) is 1.41. The monoisotopic (exact) mass is 338 g/mol. The van der Waals surface area contributed by atoms with Gasteiger partial charge in [0.15, 0.2) is 0 Å². The molecule has 0 aliphatic carbocycles. The van der Waals surface area contributed by atoms with E-state index in [1.807, 2.05) is 60.8 Å². The van der Waals surface area contributed by atoms with E-state index in [0.717, 1.165) is 22.5 Å². The molecule has 5 nitrogen and oxygen atoms in total. The van der Waals surface area contributed by atoms with Crippen LogP contribution in [0.25, 0.3) is 16.9 Å². The van der Waals surface area contributed by atoms with Gasteiger partial charge in [0, 0.05) is 29.3 Å². The topological polar surface area (TPSA) is 59.3 Å². The van der Waals surface area contributed by atoms with Crippen LogP contribution in [0.3, 0.4) is 0 Å². The highest BCUT2D eigenvalue weighted by Crippen LogP contribution is 2.25. The quantitative estimate of drug-likeness (QED) is 0.583. The Bertz CT molecular complexity index is 887. The molecule has 1 aromatic heterocycles. The Morgan fingerprint density at radius 2 is 2.00 bits per heavy atom. The van der Waals surface area contributed by atoms with Gasteiger partial charge in [0.25, 0.3) is 0 Å². The summed E-state index contributed by atoms with van der Waals surface area (Å²) < 4.78 is 1.77. The molecule has 6 heteroatoms. The lowest BCUT2D eigenvalue weighted by atomic mass is 10.1. The summed E-state index contributed by atoms with van der Waals surface area (Å²) in [6.07, 6.45) is 3.43. The molecule has 120 valence electrons. The van der Waals surface area contributed by atoms with Gasteiger partial charge in [0.05, 0.1) is 11.9 Å². The van der Waals surface area contributed by atoms with Gasteiger partial charge in [-0.05, 0) is 24.3 Å². The number of amides is 1. The van der Waals surface area contributed by atoms with Crippen molar-refractivity contribution in [2.24, 2.45) is 5.10 Å². The third-order valence-corrected chi connectivity index (χ3v) is 3.52. The van der Waals surface area contributed by atoms with Crippen molar-refractivity contribution in [1.82, 2.24) is 15.2 Å². The van der Waals surface area contributed by atoms with Crippen LogP contribution in [0, 0.1) is 0 Å². The predicted molar refractivity (Wildman–Crippen MR) is 95.4 cm³/mol. The van der Waals surface area contributed by atoms with Gasteiger partial charge in [-0.25, -0.2) is 10.1 Å². The minimum atomic E-state index is -0.231. The van der Waals surface area contributed by atoms with Crippen molar-refractivity contribution in [3.63, 3.8) is 0 Å². The Balaban J connectivity index is 2.06. The molecule has 0 spiro atoms. The molecule has 0 radical (unpaired) electrons. The van der Waals surface area contributed by atoms with E-state index >= 15 is 0 Å². The average molecular weight is 339 g/mol. The second kappa shape index (κ2) is 7.10. The Morgan fingerprint density at radius 1 is 1.21 bits per heavy atom. The summed E-state index contributed by atoms with van der Waals surface area (Å²) in [4.78, 5) is 11.0. The number of nitrogens with one attached hydrogen (secondary N) is 1. The van der Waals surface area contributed by atoms with Crippen LogP contribution in [0.1, 0.15) is 12.5 Å². The number of carbonyl (C=O) groups excluding carboxylic acids is 1. The summed E-state index contributed by atoms with van der Waals surface area (Å²) in [7, 11) is 0. The molecule has 0 unspecified atom stereocenters. The molecule has 0 saturated heterocycles. The maximum absolute atomic E-state index is 11.0. The average Bonchev–Trinajstić information content (AvgIpc) is 2.99. The number of carbonyl (C=O) groups is 1. The molecular formula is C18H15ClN4O. The van der Waals surface area contributed by atoms with Gasteiger partial charge in [0.2, 0.25) is 5.91 Å². The van der Waals surface area contributed by atoms with Crippen molar-refractivity contribution in [3.8, 4) is 16.9 Å². The molecule has 3 aromatic rings. The summed E-state index contributed by atoms with van der Waals surface area (Å²) in [5.41, 5.74) is 5.71. The molecule has 2 aromatic carbocycles. The Morgan fingerprint density at radius 3 is 2.71 bits per heavy atom. The lowest BCUT2D eigenvalue weighted by molar-refractivity contribution is -0.118. The fraction of sp³-hybridized carbons (Fsp3) is 0.0556. The van der Waals surface area contributed by atoms with E-state index in [-0.39, 0.29) is 5.91 Å². The van der Waals surface area contributed by atoms with Crippen LogP contribution in [-0.2, 0) is 4.79 Å². The molecule has 1 heterocycles. The largest absolute Gasteiger partial charge is 0.274 e. The highest BCUT2D eigenvalue weighted by molar-refractivity contribution is 6.30. The summed E-state index contributed by atoms with van der Waals surface area (Å²) in [5.74, 6) is -0.231. The number of halogens is 1. The molecule has 0 atom stereocenters. The van der Waals surface area contributed by atoms with Gasteiger partial charge in [-0.2, -0.15) is 10.2 Å². The lowest BCUT2D eigenvalue weighted by Crippen LogP contribution is -2.12. The zero-order chi connectivity index (χ0) is 16.9. The van der Waals surface area contributed by atoms with Crippen molar-refractivity contribution in [3.05, 3.63) is 71.4 Å². The molecule has 3 rings (SSSR count). The summed E-state index contributed by atoms with van der Waals surface area (Å²) in [6, 6.07) is 17.2. The second-order valence-electron chi connectivity index (χ2n) is 5.15. The third-order valence-electron chi connectivity index (χ3n) is 3.29. The van der Waals surface area contributed by atoms with Crippen LogP contribution in [0.4, 0.5) is 0 Å². The van der Waals surface area contributed by atoms with Gasteiger partial charge >= 0.3 is 0 Å². The molecule has 0 bridgehead atoms. The first-order valence-electron chi connectivity index (χ1n) is 7.34. The number of nitrogens with zero attached hydrogens (tertiary/aromatic N) is 3. The van der Waals surface area contributed by atoms with E-state index in [9.17, 15) is 4.79 Å². The van der Waals surface area contributed by atoms with Gasteiger partial charge in [-0.15, -0.1) is 0 Å². The first-order valence-corrected chi connectivity index (χ1v) is 7.72. The molecule has 0 saturated carbocycles. The fourth-order valence-electron chi connectivity index (χ4n) is 2.25. The van der Waals surface area contributed by atoms with Gasteiger partial charge < -0.3 is 0 Å². The number of benzene rings is 2. The zero-order valence-corrected chi connectivity index (χ0v) is 13.7. The Kier molecular flexibility index (Phi) is 4.72. The summed E-state index contributed by atoms with van der Waals surface area (Å²) in [5, 5.41) is 9.22. The number of hydrogen-bond acceptors (Lipinski definition) is 3. The van der Waals surface area contributed by atoms with Gasteiger partial charge in [0.1, 0.15) is 5.69 Å². The zero-order valence-electron chi connectivity index (χ0n) is 13.0. The van der Waals surface area contributed by atoms with Crippen LogP contribution >= 0.6 is 11.6 Å². The van der Waals surface area contributed by atoms with Gasteiger partial charge in [-0.3, -0.25) is 4.79 Å². The lowest BCUT2D eigenvalue weighted by Gasteiger charge is -2.01. The van der Waals surface area contributed by atoms with Crippen LogP contribution in [-0.4, -0.2) is 21.9 Å². The molecular weight excluding hydrogens is 324 g/mol. The minimum absolute atomic E-state index is 0.231. The van der Waals surface area contributed by atoms with E-state index < -0.39 is 0 Å². The van der Waals surface area contributed by atoms with E-state index in [2.05, 4.69) is 15.6 Å². The Hall–Kier alpha value is -2.92. The van der Waals surface area contributed by atoms with E-state index in [1.54, 1.807) is 10.9 Å². The number of rotatable bonds is 4. The highest BCUT2D eigenvalue weighted by atomic mass is 35.5. The van der Waals surface area contributed by atoms with E-state index in [1.165, 1.54) is 6.92 Å². The first-order chi connectivity index (χ1) is 11.6. The summed E-state index contributed by atoms with van der Waals surface area (Å²) >= 11 is 6.09.